The molecule has 20 heavy (non-hydrogen) atoms. The van der Waals surface area contributed by atoms with Crippen molar-refractivity contribution in [2.24, 2.45) is 5.73 Å². The predicted molar refractivity (Wildman–Crippen MR) is 82.7 cm³/mol. The largest absolute Gasteiger partial charge is 0.465 e. The summed E-state index contributed by atoms with van der Waals surface area (Å²) in [5.74, 6) is 1.99. The minimum absolute atomic E-state index is 0.126. The van der Waals surface area contributed by atoms with Gasteiger partial charge in [0.25, 0.3) is 0 Å². The Morgan fingerprint density at radius 1 is 1.45 bits per heavy atom. The monoisotopic (exact) mass is 279 g/mol. The molecule has 1 aromatic rings. The first-order valence-electron chi connectivity index (χ1n) is 7.75. The first-order valence-corrected chi connectivity index (χ1v) is 7.75. The van der Waals surface area contributed by atoms with Crippen molar-refractivity contribution in [1.29, 1.82) is 0 Å². The molecule has 1 aliphatic heterocycles. The highest BCUT2D eigenvalue weighted by Gasteiger charge is 2.32. The topological polar surface area (TPSA) is 45.6 Å². The maximum atomic E-state index is 6.40. The molecule has 4 nitrogen and oxygen atoms in total. The standard InChI is InChI=1S/C16H29N3O/c1-5-14(17)16(15-9-8-12(2)20-15)19-10-6-7-13(11-19)18(3)4/h8-9,13-14,16H,5-7,10-11,17H2,1-4H3. The van der Waals surface area contributed by atoms with E-state index in [-0.39, 0.29) is 12.1 Å². The van der Waals surface area contributed by atoms with Gasteiger partial charge in [-0.15, -0.1) is 0 Å². The van der Waals surface area contributed by atoms with Gasteiger partial charge in [0.15, 0.2) is 0 Å². The first-order chi connectivity index (χ1) is 9.52. The van der Waals surface area contributed by atoms with E-state index in [1.54, 1.807) is 0 Å². The zero-order valence-corrected chi connectivity index (χ0v) is 13.3. The van der Waals surface area contributed by atoms with Crippen molar-refractivity contribution < 1.29 is 4.42 Å². The fraction of sp³-hybridized carbons (Fsp3) is 0.750. The molecule has 1 fully saturated rings. The summed E-state index contributed by atoms with van der Waals surface area (Å²) in [4.78, 5) is 4.84. The zero-order chi connectivity index (χ0) is 14.7. The highest BCUT2D eigenvalue weighted by atomic mass is 16.3. The Morgan fingerprint density at radius 3 is 2.75 bits per heavy atom. The second-order valence-electron chi connectivity index (χ2n) is 6.22. The second-order valence-corrected chi connectivity index (χ2v) is 6.22. The van der Waals surface area contributed by atoms with Crippen molar-refractivity contribution in [3.8, 4) is 0 Å². The van der Waals surface area contributed by atoms with Crippen LogP contribution in [-0.2, 0) is 0 Å². The van der Waals surface area contributed by atoms with Crippen LogP contribution in [0.1, 0.15) is 43.7 Å². The minimum Gasteiger partial charge on any atom is -0.465 e. The number of piperidine rings is 1. The summed E-state index contributed by atoms with van der Waals surface area (Å²) in [5.41, 5.74) is 6.40. The normalized spacial score (nSPS) is 24.0. The summed E-state index contributed by atoms with van der Waals surface area (Å²) in [6.45, 7) is 6.34. The SMILES string of the molecule is CCC(N)C(c1ccc(C)o1)N1CCCC(N(C)C)C1. The van der Waals surface area contributed by atoms with Crippen molar-refractivity contribution >= 4 is 0 Å². The molecule has 2 heterocycles. The maximum absolute atomic E-state index is 6.40. The lowest BCUT2D eigenvalue weighted by molar-refractivity contribution is 0.0727. The highest BCUT2D eigenvalue weighted by Crippen LogP contribution is 2.30. The van der Waals surface area contributed by atoms with Crippen molar-refractivity contribution in [3.63, 3.8) is 0 Å². The fourth-order valence-electron chi connectivity index (χ4n) is 3.15. The van der Waals surface area contributed by atoms with Crippen LogP contribution in [0.2, 0.25) is 0 Å². The Kier molecular flexibility index (Phi) is 5.24. The molecule has 0 radical (unpaired) electrons. The van der Waals surface area contributed by atoms with E-state index in [0.717, 1.165) is 31.0 Å². The second kappa shape index (κ2) is 6.74. The molecular weight excluding hydrogens is 250 g/mol. The third-order valence-corrected chi connectivity index (χ3v) is 4.48. The van der Waals surface area contributed by atoms with Gasteiger partial charge >= 0.3 is 0 Å². The van der Waals surface area contributed by atoms with Gasteiger partial charge in [-0.3, -0.25) is 4.90 Å². The van der Waals surface area contributed by atoms with Gasteiger partial charge < -0.3 is 15.1 Å². The fourth-order valence-corrected chi connectivity index (χ4v) is 3.15. The van der Waals surface area contributed by atoms with Crippen LogP contribution in [0.3, 0.4) is 0 Å². The van der Waals surface area contributed by atoms with Crippen LogP contribution >= 0.6 is 0 Å². The van der Waals surface area contributed by atoms with E-state index in [4.69, 9.17) is 10.2 Å². The number of rotatable bonds is 5. The molecule has 114 valence electrons. The Balaban J connectivity index is 2.18. The lowest BCUT2D eigenvalue weighted by Gasteiger charge is -2.41. The Hall–Kier alpha value is -0.840. The van der Waals surface area contributed by atoms with Crippen LogP contribution in [-0.4, -0.2) is 49.1 Å². The van der Waals surface area contributed by atoms with Crippen molar-refractivity contribution in [2.45, 2.75) is 51.2 Å². The Labute approximate surface area is 122 Å². The van der Waals surface area contributed by atoms with Crippen LogP contribution < -0.4 is 5.73 Å². The number of nitrogens with zero attached hydrogens (tertiary/aromatic N) is 2. The predicted octanol–water partition coefficient (Wildman–Crippen LogP) is 2.39. The molecule has 1 aromatic heterocycles. The summed E-state index contributed by atoms with van der Waals surface area (Å²) < 4.78 is 5.88. The van der Waals surface area contributed by atoms with Gasteiger partial charge in [-0.2, -0.15) is 0 Å². The number of hydrogen-bond acceptors (Lipinski definition) is 4. The van der Waals surface area contributed by atoms with E-state index in [1.165, 1.54) is 12.8 Å². The Bertz CT molecular complexity index is 416. The average Bonchev–Trinajstić information content (AvgIpc) is 2.85. The van der Waals surface area contributed by atoms with Gasteiger partial charge in [0, 0.05) is 18.6 Å². The third kappa shape index (κ3) is 3.43. The van der Waals surface area contributed by atoms with E-state index < -0.39 is 0 Å². The zero-order valence-electron chi connectivity index (χ0n) is 13.3. The molecule has 4 heteroatoms. The number of likely N-dealkylation sites (tertiary alicyclic amines) is 1. The van der Waals surface area contributed by atoms with Gasteiger partial charge in [-0.05, 0) is 59.0 Å². The number of furan rings is 1. The van der Waals surface area contributed by atoms with Gasteiger partial charge in [0.1, 0.15) is 11.5 Å². The van der Waals surface area contributed by atoms with Crippen LogP contribution in [0.25, 0.3) is 0 Å². The van der Waals surface area contributed by atoms with E-state index in [2.05, 4.69) is 36.9 Å². The van der Waals surface area contributed by atoms with Crippen LogP contribution in [0.15, 0.2) is 16.5 Å². The molecule has 0 amide bonds. The first kappa shape index (κ1) is 15.5. The van der Waals surface area contributed by atoms with Gasteiger partial charge in [0.05, 0.1) is 6.04 Å². The molecule has 2 rings (SSSR count). The molecule has 3 unspecified atom stereocenters. The molecule has 0 spiro atoms. The van der Waals surface area contributed by atoms with Crippen LogP contribution in [0, 0.1) is 6.92 Å². The van der Waals surface area contributed by atoms with E-state index >= 15 is 0 Å². The molecule has 0 aromatic carbocycles. The average molecular weight is 279 g/mol. The quantitative estimate of drug-likeness (QED) is 0.899. The maximum Gasteiger partial charge on any atom is 0.122 e. The molecule has 0 saturated carbocycles. The molecule has 3 atom stereocenters. The number of aryl methyl sites for hydroxylation is 1. The molecular formula is C16H29N3O. The van der Waals surface area contributed by atoms with Crippen molar-refractivity contribution in [2.75, 3.05) is 27.2 Å². The van der Waals surface area contributed by atoms with Crippen molar-refractivity contribution in [3.05, 3.63) is 23.7 Å². The lowest BCUT2D eigenvalue weighted by Crippen LogP contribution is -2.50. The third-order valence-electron chi connectivity index (χ3n) is 4.48. The number of hydrogen-bond donors (Lipinski definition) is 1. The van der Waals surface area contributed by atoms with Gasteiger partial charge in [-0.25, -0.2) is 0 Å². The van der Waals surface area contributed by atoms with Gasteiger partial charge in [0.2, 0.25) is 0 Å². The van der Waals surface area contributed by atoms with E-state index in [1.807, 2.05) is 13.0 Å². The molecule has 0 aliphatic carbocycles. The van der Waals surface area contributed by atoms with Gasteiger partial charge in [-0.1, -0.05) is 6.92 Å². The molecule has 1 aliphatic rings. The molecule has 1 saturated heterocycles. The minimum atomic E-state index is 0.126. The summed E-state index contributed by atoms with van der Waals surface area (Å²) >= 11 is 0. The lowest BCUT2D eigenvalue weighted by atomic mass is 9.97. The van der Waals surface area contributed by atoms with Crippen LogP contribution in [0.4, 0.5) is 0 Å². The summed E-state index contributed by atoms with van der Waals surface area (Å²) in [6.07, 6.45) is 3.47. The molecule has 2 N–H and O–H groups in total. The smallest absolute Gasteiger partial charge is 0.122 e. The number of nitrogens with two attached hydrogens (primary N) is 1. The Morgan fingerprint density at radius 2 is 2.20 bits per heavy atom. The summed E-state index contributed by atoms with van der Waals surface area (Å²) in [5, 5.41) is 0. The number of likely N-dealkylation sites (N-methyl/N-ethyl adjacent to an activating group) is 1. The summed E-state index contributed by atoms with van der Waals surface area (Å²) in [6, 6.07) is 5.08. The molecule has 0 bridgehead atoms. The van der Waals surface area contributed by atoms with Crippen molar-refractivity contribution in [1.82, 2.24) is 9.80 Å². The highest BCUT2D eigenvalue weighted by molar-refractivity contribution is 5.12. The summed E-state index contributed by atoms with van der Waals surface area (Å²) in [7, 11) is 4.33. The van der Waals surface area contributed by atoms with E-state index in [9.17, 15) is 0 Å². The van der Waals surface area contributed by atoms with Crippen LogP contribution in [0.5, 0.6) is 0 Å². The van der Waals surface area contributed by atoms with E-state index in [0.29, 0.717) is 6.04 Å².